The average Bonchev–Trinajstić information content (AvgIpc) is 2.68. The molecule has 18 heavy (non-hydrogen) atoms. The number of H-pyrrole nitrogens is 1. The maximum atomic E-state index is 10.8. The number of carbonyl (C=O) groups is 1. The van der Waals surface area contributed by atoms with Crippen molar-refractivity contribution in [2.45, 2.75) is 20.3 Å². The molecule has 1 aromatic carbocycles. The van der Waals surface area contributed by atoms with E-state index in [1.807, 2.05) is 44.3 Å². The number of fused-ring (bicyclic) bond motifs is 1. The Morgan fingerprint density at radius 1 is 1.39 bits per heavy atom. The number of hydrogen-bond donors (Lipinski definition) is 3. The molecule has 0 saturated carbocycles. The second-order valence-electron chi connectivity index (χ2n) is 5.34. The second-order valence-corrected chi connectivity index (χ2v) is 5.34. The molecule has 0 fully saturated rings. The maximum absolute atomic E-state index is 10.8. The lowest BCUT2D eigenvalue weighted by Crippen LogP contribution is -2.26. The Morgan fingerprint density at radius 3 is 2.83 bits per heavy atom. The largest absolute Gasteiger partial charge is 0.481 e. The molecule has 0 spiro atoms. The Morgan fingerprint density at radius 2 is 2.11 bits per heavy atom. The van der Waals surface area contributed by atoms with Crippen LogP contribution in [0.5, 0.6) is 0 Å². The highest BCUT2D eigenvalue weighted by Gasteiger charge is 2.21. The maximum Gasteiger partial charge on any atom is 0.303 e. The summed E-state index contributed by atoms with van der Waals surface area (Å²) in [5.74, 6) is -0.763. The first-order valence-corrected chi connectivity index (χ1v) is 6.00. The van der Waals surface area contributed by atoms with Gasteiger partial charge in [0, 0.05) is 23.6 Å². The van der Waals surface area contributed by atoms with E-state index >= 15 is 0 Å². The van der Waals surface area contributed by atoms with Crippen LogP contribution in [0.15, 0.2) is 30.5 Å². The third kappa shape index (κ3) is 2.83. The molecule has 0 aliphatic carbocycles. The monoisotopic (exact) mass is 246 g/mol. The van der Waals surface area contributed by atoms with Gasteiger partial charge in [0.05, 0.1) is 12.1 Å². The Balaban J connectivity index is 2.08. The summed E-state index contributed by atoms with van der Waals surface area (Å²) >= 11 is 0. The first kappa shape index (κ1) is 12.5. The van der Waals surface area contributed by atoms with Crippen LogP contribution in [0.3, 0.4) is 0 Å². The van der Waals surface area contributed by atoms with Crippen molar-refractivity contribution < 1.29 is 9.90 Å². The van der Waals surface area contributed by atoms with Crippen molar-refractivity contribution >= 4 is 22.6 Å². The summed E-state index contributed by atoms with van der Waals surface area (Å²) in [5, 5.41) is 13.3. The van der Waals surface area contributed by atoms with E-state index in [0.717, 1.165) is 16.6 Å². The predicted octanol–water partition coefficient (Wildman–Crippen LogP) is 3.08. The Labute approximate surface area is 106 Å². The number of rotatable bonds is 5. The molecule has 0 amide bonds. The molecule has 0 atom stereocenters. The van der Waals surface area contributed by atoms with E-state index in [2.05, 4.69) is 10.3 Å². The smallest absolute Gasteiger partial charge is 0.303 e. The van der Waals surface area contributed by atoms with E-state index in [4.69, 9.17) is 5.11 Å². The van der Waals surface area contributed by atoms with Crippen molar-refractivity contribution in [1.29, 1.82) is 0 Å². The zero-order valence-corrected chi connectivity index (χ0v) is 10.7. The first-order valence-electron chi connectivity index (χ1n) is 6.00. The fourth-order valence-corrected chi connectivity index (χ4v) is 2.02. The number of aliphatic carboxylic acids is 1. The van der Waals surface area contributed by atoms with Gasteiger partial charge in [-0.05, 0) is 11.5 Å². The lowest BCUT2D eigenvalue weighted by atomic mass is 9.89. The van der Waals surface area contributed by atoms with E-state index in [1.54, 1.807) is 0 Å². The number of carboxylic acids is 1. The summed E-state index contributed by atoms with van der Waals surface area (Å²) < 4.78 is 0. The van der Waals surface area contributed by atoms with Crippen molar-refractivity contribution in [3.8, 4) is 0 Å². The molecule has 3 N–H and O–H groups in total. The molecule has 2 rings (SSSR count). The van der Waals surface area contributed by atoms with Crippen LogP contribution < -0.4 is 5.32 Å². The fraction of sp³-hybridized carbons (Fsp3) is 0.357. The van der Waals surface area contributed by atoms with E-state index in [9.17, 15) is 4.79 Å². The SMILES string of the molecule is CC(C)(CNc1c[nH]c2ccccc12)CC(=O)O. The molecule has 0 aliphatic heterocycles. The molecule has 2 aromatic rings. The van der Waals surface area contributed by atoms with Gasteiger partial charge in [0.1, 0.15) is 0 Å². The van der Waals surface area contributed by atoms with Gasteiger partial charge in [-0.1, -0.05) is 32.0 Å². The van der Waals surface area contributed by atoms with E-state index < -0.39 is 5.97 Å². The highest BCUT2D eigenvalue weighted by Crippen LogP contribution is 2.26. The molecule has 4 nitrogen and oxygen atoms in total. The standard InChI is InChI=1S/C14H18N2O2/c1-14(2,7-13(17)18)9-16-12-8-15-11-6-4-3-5-10(11)12/h3-6,8,15-16H,7,9H2,1-2H3,(H,17,18). The zero-order chi connectivity index (χ0) is 13.2. The van der Waals surface area contributed by atoms with E-state index in [0.29, 0.717) is 6.54 Å². The van der Waals surface area contributed by atoms with Crippen LogP contribution in [0.4, 0.5) is 5.69 Å². The van der Waals surface area contributed by atoms with Crippen LogP contribution in [0.25, 0.3) is 10.9 Å². The van der Waals surface area contributed by atoms with E-state index in [1.165, 1.54) is 0 Å². The number of aromatic nitrogens is 1. The van der Waals surface area contributed by atoms with Crippen molar-refractivity contribution in [2.24, 2.45) is 5.41 Å². The minimum absolute atomic E-state index is 0.155. The molecule has 0 radical (unpaired) electrons. The van der Waals surface area contributed by atoms with Crippen molar-refractivity contribution in [3.05, 3.63) is 30.5 Å². The van der Waals surface area contributed by atoms with Crippen LogP contribution in [0.2, 0.25) is 0 Å². The third-order valence-corrected chi connectivity index (χ3v) is 2.98. The van der Waals surface area contributed by atoms with Crippen LogP contribution in [0.1, 0.15) is 20.3 Å². The normalized spacial score (nSPS) is 11.7. The lowest BCUT2D eigenvalue weighted by molar-refractivity contribution is -0.139. The van der Waals surface area contributed by atoms with Crippen LogP contribution in [-0.2, 0) is 4.79 Å². The molecule has 0 bridgehead atoms. The number of hydrogen-bond acceptors (Lipinski definition) is 2. The Kier molecular flexibility index (Phi) is 3.28. The molecule has 96 valence electrons. The number of benzene rings is 1. The topological polar surface area (TPSA) is 65.1 Å². The molecule has 0 saturated heterocycles. The molecule has 1 heterocycles. The number of para-hydroxylation sites is 1. The number of carboxylic acid groups (broad SMARTS) is 1. The molecule has 0 aliphatic rings. The molecular formula is C14H18N2O2. The predicted molar refractivity (Wildman–Crippen MR) is 72.8 cm³/mol. The average molecular weight is 246 g/mol. The summed E-state index contributed by atoms with van der Waals surface area (Å²) in [4.78, 5) is 13.9. The number of nitrogens with one attached hydrogen (secondary N) is 2. The van der Waals surface area contributed by atoms with Gasteiger partial charge in [0.15, 0.2) is 0 Å². The van der Waals surface area contributed by atoms with Gasteiger partial charge >= 0.3 is 5.97 Å². The van der Waals surface area contributed by atoms with Gasteiger partial charge in [-0.25, -0.2) is 0 Å². The van der Waals surface area contributed by atoms with Gasteiger partial charge in [-0.2, -0.15) is 0 Å². The van der Waals surface area contributed by atoms with Crippen LogP contribution >= 0.6 is 0 Å². The zero-order valence-electron chi connectivity index (χ0n) is 10.7. The quantitative estimate of drug-likeness (QED) is 0.759. The van der Waals surface area contributed by atoms with Crippen LogP contribution in [0, 0.1) is 5.41 Å². The summed E-state index contributed by atoms with van der Waals surface area (Å²) in [6.07, 6.45) is 2.07. The van der Waals surface area contributed by atoms with Crippen molar-refractivity contribution in [2.75, 3.05) is 11.9 Å². The van der Waals surface area contributed by atoms with Gasteiger partial charge in [0.2, 0.25) is 0 Å². The molecule has 4 heteroatoms. The van der Waals surface area contributed by atoms with Gasteiger partial charge in [-0.15, -0.1) is 0 Å². The van der Waals surface area contributed by atoms with Crippen molar-refractivity contribution in [1.82, 2.24) is 4.98 Å². The Hall–Kier alpha value is -1.97. The summed E-state index contributed by atoms with van der Waals surface area (Å²) in [6.45, 7) is 4.52. The fourth-order valence-electron chi connectivity index (χ4n) is 2.02. The minimum Gasteiger partial charge on any atom is -0.481 e. The summed E-state index contributed by atoms with van der Waals surface area (Å²) in [5.41, 5.74) is 1.82. The number of aromatic amines is 1. The highest BCUT2D eigenvalue weighted by atomic mass is 16.4. The van der Waals surface area contributed by atoms with Crippen LogP contribution in [-0.4, -0.2) is 22.6 Å². The van der Waals surface area contributed by atoms with Gasteiger partial charge in [0.25, 0.3) is 0 Å². The molecular weight excluding hydrogens is 228 g/mol. The second kappa shape index (κ2) is 4.72. The van der Waals surface area contributed by atoms with Gasteiger partial charge in [-0.3, -0.25) is 4.79 Å². The van der Waals surface area contributed by atoms with Crippen molar-refractivity contribution in [3.63, 3.8) is 0 Å². The summed E-state index contributed by atoms with van der Waals surface area (Å²) in [6, 6.07) is 8.03. The Bertz CT molecular complexity index is 558. The summed E-state index contributed by atoms with van der Waals surface area (Å²) in [7, 11) is 0. The third-order valence-electron chi connectivity index (χ3n) is 2.98. The van der Waals surface area contributed by atoms with Gasteiger partial charge < -0.3 is 15.4 Å². The first-order chi connectivity index (χ1) is 8.48. The highest BCUT2D eigenvalue weighted by molar-refractivity contribution is 5.92. The lowest BCUT2D eigenvalue weighted by Gasteiger charge is -2.23. The van der Waals surface area contributed by atoms with E-state index in [-0.39, 0.29) is 11.8 Å². The number of anilines is 1. The molecule has 0 unspecified atom stereocenters. The molecule has 1 aromatic heterocycles. The minimum atomic E-state index is -0.763.